The number of carbonyl (C=O) groups is 1. The number of halogens is 1. The van der Waals surface area contributed by atoms with Gasteiger partial charge in [0.2, 0.25) is 5.91 Å². The Hall–Kier alpha value is -3.12. The number of anilines is 1. The van der Waals surface area contributed by atoms with Crippen LogP contribution in [-0.4, -0.2) is 25.5 Å². The fourth-order valence-electron chi connectivity index (χ4n) is 3.58. The molecule has 1 N–H and O–H groups in total. The first-order valence-electron chi connectivity index (χ1n) is 9.92. The van der Waals surface area contributed by atoms with Crippen LogP contribution in [-0.2, 0) is 17.9 Å². The summed E-state index contributed by atoms with van der Waals surface area (Å²) in [5.41, 5.74) is 3.51. The van der Waals surface area contributed by atoms with E-state index in [1.165, 1.54) is 16.3 Å². The predicted molar refractivity (Wildman–Crippen MR) is 120 cm³/mol. The van der Waals surface area contributed by atoms with Crippen molar-refractivity contribution in [3.8, 4) is 0 Å². The third-order valence-corrected chi connectivity index (χ3v) is 5.85. The van der Waals surface area contributed by atoms with Crippen LogP contribution in [0.2, 0.25) is 5.02 Å². The third kappa shape index (κ3) is 4.09. The van der Waals surface area contributed by atoms with Crippen LogP contribution in [0.1, 0.15) is 23.9 Å². The zero-order valence-electron chi connectivity index (χ0n) is 17.3. The summed E-state index contributed by atoms with van der Waals surface area (Å²) in [6, 6.07) is 14.5. The maximum Gasteiger partial charge on any atom is 0.229 e. The highest BCUT2D eigenvalue weighted by Crippen LogP contribution is 2.21. The van der Waals surface area contributed by atoms with E-state index in [0.717, 1.165) is 11.4 Å². The van der Waals surface area contributed by atoms with Crippen molar-refractivity contribution < 1.29 is 4.79 Å². The Morgan fingerprint density at radius 2 is 1.93 bits per heavy atom. The summed E-state index contributed by atoms with van der Waals surface area (Å²) in [4.78, 5) is 12.6. The number of hydrogen-bond donors (Lipinski definition) is 1. The molecule has 4 aromatic rings. The number of nitrogens with one attached hydrogen (secondary N) is 1. The lowest BCUT2D eigenvalue weighted by Gasteiger charge is -2.12. The molecule has 2 aromatic heterocycles. The van der Waals surface area contributed by atoms with Crippen LogP contribution in [0, 0.1) is 19.8 Å². The fourth-order valence-corrected chi connectivity index (χ4v) is 3.72. The first-order valence-corrected chi connectivity index (χ1v) is 10.3. The van der Waals surface area contributed by atoms with Gasteiger partial charge >= 0.3 is 0 Å². The second-order valence-corrected chi connectivity index (χ2v) is 8.00. The highest BCUT2D eigenvalue weighted by atomic mass is 35.5. The molecule has 0 saturated carbocycles. The molecule has 2 heterocycles. The van der Waals surface area contributed by atoms with Crippen molar-refractivity contribution in [1.82, 2.24) is 19.6 Å². The van der Waals surface area contributed by atoms with Crippen LogP contribution in [0.15, 0.2) is 54.9 Å². The molecule has 0 aliphatic carbocycles. The maximum atomic E-state index is 12.6. The lowest BCUT2D eigenvalue weighted by atomic mass is 10.0. The second kappa shape index (κ2) is 8.32. The van der Waals surface area contributed by atoms with Crippen molar-refractivity contribution >= 4 is 34.0 Å². The molecule has 0 aliphatic heterocycles. The van der Waals surface area contributed by atoms with E-state index in [2.05, 4.69) is 45.8 Å². The number of amides is 1. The van der Waals surface area contributed by atoms with Crippen molar-refractivity contribution in [3.05, 3.63) is 76.8 Å². The summed E-state index contributed by atoms with van der Waals surface area (Å²) < 4.78 is 3.62. The van der Waals surface area contributed by atoms with Crippen LogP contribution >= 0.6 is 11.6 Å². The van der Waals surface area contributed by atoms with Crippen LogP contribution < -0.4 is 5.32 Å². The van der Waals surface area contributed by atoms with E-state index < -0.39 is 0 Å². The van der Waals surface area contributed by atoms with Gasteiger partial charge < -0.3 is 5.32 Å². The lowest BCUT2D eigenvalue weighted by Crippen LogP contribution is -2.25. The van der Waals surface area contributed by atoms with Gasteiger partial charge in [-0.05, 0) is 30.2 Å². The summed E-state index contributed by atoms with van der Waals surface area (Å²) in [7, 11) is 0. The average molecular weight is 422 g/mol. The molecule has 154 valence electrons. The van der Waals surface area contributed by atoms with Crippen molar-refractivity contribution in [2.45, 2.75) is 33.9 Å². The Morgan fingerprint density at radius 3 is 2.70 bits per heavy atom. The second-order valence-electron chi connectivity index (χ2n) is 7.62. The van der Waals surface area contributed by atoms with Crippen molar-refractivity contribution in [1.29, 1.82) is 0 Å². The Balaban J connectivity index is 1.42. The first kappa shape index (κ1) is 20.2. The van der Waals surface area contributed by atoms with Gasteiger partial charge in [0.15, 0.2) is 0 Å². The molecule has 7 heteroatoms. The zero-order valence-corrected chi connectivity index (χ0v) is 18.0. The van der Waals surface area contributed by atoms with Crippen LogP contribution in [0.3, 0.4) is 0 Å². The fraction of sp³-hybridized carbons (Fsp3) is 0.261. The molecule has 0 spiro atoms. The maximum absolute atomic E-state index is 12.6. The van der Waals surface area contributed by atoms with Gasteiger partial charge in [-0.3, -0.25) is 14.2 Å². The van der Waals surface area contributed by atoms with E-state index in [9.17, 15) is 4.79 Å². The topological polar surface area (TPSA) is 64.7 Å². The molecule has 30 heavy (non-hydrogen) atoms. The molecule has 0 fully saturated rings. The monoisotopic (exact) mass is 421 g/mol. The van der Waals surface area contributed by atoms with Gasteiger partial charge in [-0.15, -0.1) is 0 Å². The molecular formula is C23H24ClN5O. The largest absolute Gasteiger partial charge is 0.323 e. The lowest BCUT2D eigenvalue weighted by molar-refractivity contribution is -0.119. The van der Waals surface area contributed by atoms with E-state index in [-0.39, 0.29) is 11.8 Å². The van der Waals surface area contributed by atoms with Gasteiger partial charge in [0.1, 0.15) is 0 Å². The minimum Gasteiger partial charge on any atom is -0.323 e. The molecule has 0 aliphatic rings. The molecule has 1 atom stereocenters. The Bertz CT molecular complexity index is 1200. The quantitative estimate of drug-likeness (QED) is 0.485. The van der Waals surface area contributed by atoms with Crippen LogP contribution in [0.5, 0.6) is 0 Å². The Morgan fingerprint density at radius 1 is 1.17 bits per heavy atom. The van der Waals surface area contributed by atoms with E-state index in [1.54, 1.807) is 10.9 Å². The minimum absolute atomic E-state index is 0.0802. The van der Waals surface area contributed by atoms with E-state index in [0.29, 0.717) is 23.8 Å². The molecule has 0 bridgehead atoms. The number of nitrogens with zero attached hydrogens (tertiary/aromatic N) is 4. The van der Waals surface area contributed by atoms with Gasteiger partial charge in [-0.1, -0.05) is 61.0 Å². The molecule has 0 radical (unpaired) electrons. The van der Waals surface area contributed by atoms with E-state index >= 15 is 0 Å². The summed E-state index contributed by atoms with van der Waals surface area (Å²) in [5, 5.41) is 14.8. The van der Waals surface area contributed by atoms with E-state index in [4.69, 9.17) is 11.6 Å². The van der Waals surface area contributed by atoms with Crippen molar-refractivity contribution in [3.63, 3.8) is 0 Å². The van der Waals surface area contributed by atoms with Crippen molar-refractivity contribution in [2.75, 3.05) is 5.32 Å². The summed E-state index contributed by atoms with van der Waals surface area (Å²) >= 11 is 6.20. The number of carbonyl (C=O) groups excluding carboxylic acids is 1. The van der Waals surface area contributed by atoms with E-state index in [1.807, 2.05) is 43.8 Å². The SMILES string of the molecule is Cc1nn(CC(C)C(=O)Nc2cnn(Cc3cccc4ccccc34)c2)c(C)c1Cl. The molecule has 4 rings (SSSR count). The van der Waals surface area contributed by atoms with Crippen molar-refractivity contribution in [2.24, 2.45) is 5.92 Å². The molecule has 1 amide bonds. The predicted octanol–water partition coefficient (Wildman–Crippen LogP) is 4.83. The number of rotatable bonds is 6. The summed E-state index contributed by atoms with van der Waals surface area (Å²) in [6.45, 7) is 6.75. The number of fused-ring (bicyclic) bond motifs is 1. The molecule has 2 aromatic carbocycles. The highest BCUT2D eigenvalue weighted by molar-refractivity contribution is 6.31. The molecule has 0 saturated heterocycles. The third-order valence-electron chi connectivity index (χ3n) is 5.30. The zero-order chi connectivity index (χ0) is 21.3. The standard InChI is InChI=1S/C23H24ClN5O/c1-15(12-29-17(3)22(24)16(2)27-29)23(30)26-20-11-25-28(14-20)13-19-9-6-8-18-7-4-5-10-21(18)19/h4-11,14-15H,12-13H2,1-3H3,(H,26,30). The Kier molecular flexibility index (Phi) is 5.59. The number of aryl methyl sites for hydroxylation is 1. The highest BCUT2D eigenvalue weighted by Gasteiger charge is 2.18. The molecule has 1 unspecified atom stereocenters. The van der Waals surface area contributed by atoms with Gasteiger partial charge in [0.25, 0.3) is 0 Å². The van der Waals surface area contributed by atoms with Gasteiger partial charge in [0, 0.05) is 6.20 Å². The number of benzene rings is 2. The van der Waals surface area contributed by atoms with Gasteiger partial charge in [-0.25, -0.2) is 0 Å². The summed E-state index contributed by atoms with van der Waals surface area (Å²) in [6.07, 6.45) is 3.53. The molecular weight excluding hydrogens is 398 g/mol. The molecule has 6 nitrogen and oxygen atoms in total. The normalized spacial score (nSPS) is 12.3. The summed E-state index contributed by atoms with van der Waals surface area (Å²) in [5.74, 6) is -0.344. The number of hydrogen-bond acceptors (Lipinski definition) is 3. The number of aromatic nitrogens is 4. The van der Waals surface area contributed by atoms with Crippen LogP contribution in [0.25, 0.3) is 10.8 Å². The average Bonchev–Trinajstić information content (AvgIpc) is 3.27. The smallest absolute Gasteiger partial charge is 0.229 e. The Labute approximate surface area is 180 Å². The minimum atomic E-state index is -0.263. The first-order chi connectivity index (χ1) is 14.4. The van der Waals surface area contributed by atoms with Gasteiger partial charge in [-0.2, -0.15) is 10.2 Å². The van der Waals surface area contributed by atoms with Crippen LogP contribution in [0.4, 0.5) is 5.69 Å². The van der Waals surface area contributed by atoms with Gasteiger partial charge in [0.05, 0.1) is 47.3 Å².